The predicted molar refractivity (Wildman–Crippen MR) is 68.6 cm³/mol. The molecule has 2 heterocycles. The van der Waals surface area contributed by atoms with E-state index in [4.69, 9.17) is 19.3 Å². The first-order chi connectivity index (χ1) is 10.8. The van der Waals surface area contributed by atoms with E-state index >= 15 is 0 Å². The van der Waals surface area contributed by atoms with E-state index < -0.39 is 74.6 Å². The molecule has 2 rings (SSSR count). The molecule has 0 aliphatic carbocycles. The highest BCUT2D eigenvalue weighted by Gasteiger charge is 2.50. The largest absolute Gasteiger partial charge is 0.394 e. The van der Waals surface area contributed by atoms with E-state index in [2.05, 4.69) is 0 Å². The van der Waals surface area contributed by atoms with E-state index in [-0.39, 0.29) is 0 Å². The van der Waals surface area contributed by atoms with Crippen molar-refractivity contribution in [2.75, 3.05) is 13.2 Å². The van der Waals surface area contributed by atoms with Crippen LogP contribution in [0.2, 0.25) is 0 Å². The van der Waals surface area contributed by atoms with Crippen LogP contribution in [0.15, 0.2) is 0 Å². The molecule has 0 aromatic rings. The monoisotopic (exact) mass is 342 g/mol. The highest BCUT2D eigenvalue weighted by Crippen LogP contribution is 2.28. The molecule has 136 valence electrons. The summed E-state index contributed by atoms with van der Waals surface area (Å²) in [6.07, 6.45) is -15.6. The summed E-state index contributed by atoms with van der Waals surface area (Å²) in [5.74, 6) is 0. The topological polar surface area (TPSA) is 190 Å². The van der Waals surface area contributed by atoms with Gasteiger partial charge in [-0.3, -0.25) is 0 Å². The van der Waals surface area contributed by atoms with Crippen molar-refractivity contribution >= 4 is 0 Å². The molecular formula is C12H22O11. The second-order valence-corrected chi connectivity index (χ2v) is 5.53. The van der Waals surface area contributed by atoms with Crippen molar-refractivity contribution < 1.29 is 55.1 Å². The highest BCUT2D eigenvalue weighted by atomic mass is 16.7. The summed E-state index contributed by atoms with van der Waals surface area (Å²) in [6, 6.07) is 0. The Morgan fingerprint density at radius 3 is 1.83 bits per heavy atom. The summed E-state index contributed by atoms with van der Waals surface area (Å²) < 4.78 is 15.3. The van der Waals surface area contributed by atoms with Crippen molar-refractivity contribution in [3.63, 3.8) is 0 Å². The Morgan fingerprint density at radius 1 is 0.652 bits per heavy atom. The standard InChI is InChI=1S/C12H22O11/c13-1-3-5(15)6(16)9(19)12(22-3)23-10-4(2-14)21-11(20)8(18)7(10)17/h3-20H,1-2H2/t3-,4-,5-,6+,7+,8-,9-,10+,11-,12+/m1/s1. The van der Waals surface area contributed by atoms with E-state index in [0.29, 0.717) is 0 Å². The third-order valence-corrected chi connectivity index (χ3v) is 3.98. The summed E-state index contributed by atoms with van der Waals surface area (Å²) in [7, 11) is 0. The average Bonchev–Trinajstić information content (AvgIpc) is 2.55. The molecule has 0 saturated carbocycles. The third kappa shape index (κ3) is 3.65. The van der Waals surface area contributed by atoms with Crippen LogP contribution in [-0.2, 0) is 14.2 Å². The number of ether oxygens (including phenoxy) is 3. The Labute approximate surface area is 130 Å². The summed E-state index contributed by atoms with van der Waals surface area (Å²) >= 11 is 0. The third-order valence-electron chi connectivity index (χ3n) is 3.98. The van der Waals surface area contributed by atoms with Crippen molar-refractivity contribution in [1.29, 1.82) is 0 Å². The highest BCUT2D eigenvalue weighted by molar-refractivity contribution is 4.93. The second-order valence-electron chi connectivity index (χ2n) is 5.53. The summed E-state index contributed by atoms with van der Waals surface area (Å²) in [5.41, 5.74) is 0. The van der Waals surface area contributed by atoms with Crippen molar-refractivity contribution in [3.8, 4) is 0 Å². The normalized spacial score (nSPS) is 51.7. The molecule has 10 atom stereocenters. The number of aliphatic hydroxyl groups excluding tert-OH is 8. The molecule has 2 saturated heterocycles. The molecule has 2 aliphatic heterocycles. The molecule has 11 heteroatoms. The van der Waals surface area contributed by atoms with Crippen LogP contribution in [0.4, 0.5) is 0 Å². The van der Waals surface area contributed by atoms with Gasteiger partial charge in [0.2, 0.25) is 0 Å². The molecule has 0 spiro atoms. The Morgan fingerprint density at radius 2 is 1.26 bits per heavy atom. The lowest BCUT2D eigenvalue weighted by Gasteiger charge is -2.45. The minimum absolute atomic E-state index is 0.667. The molecule has 0 amide bonds. The summed E-state index contributed by atoms with van der Waals surface area (Å²) in [5, 5.41) is 76.5. The minimum atomic E-state index is -1.74. The zero-order valence-electron chi connectivity index (χ0n) is 12.0. The van der Waals surface area contributed by atoms with Gasteiger partial charge in [0.05, 0.1) is 13.2 Å². The van der Waals surface area contributed by atoms with E-state index in [1.165, 1.54) is 0 Å². The van der Waals surface area contributed by atoms with Crippen molar-refractivity contribution in [2.45, 2.75) is 61.4 Å². The van der Waals surface area contributed by atoms with Gasteiger partial charge in [-0.25, -0.2) is 0 Å². The van der Waals surface area contributed by atoms with Crippen LogP contribution < -0.4 is 0 Å². The zero-order chi connectivity index (χ0) is 17.3. The fourth-order valence-corrected chi connectivity index (χ4v) is 2.57. The first kappa shape index (κ1) is 18.9. The number of hydrogen-bond donors (Lipinski definition) is 8. The second kappa shape index (κ2) is 7.63. The fourth-order valence-electron chi connectivity index (χ4n) is 2.57. The molecule has 0 radical (unpaired) electrons. The van der Waals surface area contributed by atoms with Crippen LogP contribution in [-0.4, -0.2) is 115 Å². The Balaban J connectivity index is 2.11. The maximum atomic E-state index is 9.94. The van der Waals surface area contributed by atoms with Gasteiger partial charge in [-0.1, -0.05) is 0 Å². The first-order valence-electron chi connectivity index (χ1n) is 7.08. The molecule has 23 heavy (non-hydrogen) atoms. The van der Waals surface area contributed by atoms with Crippen molar-refractivity contribution in [2.24, 2.45) is 0 Å². The van der Waals surface area contributed by atoms with Gasteiger partial charge in [-0.2, -0.15) is 0 Å². The quantitative estimate of drug-likeness (QED) is 0.243. The lowest BCUT2D eigenvalue weighted by Crippen LogP contribution is -2.64. The lowest BCUT2D eigenvalue weighted by molar-refractivity contribution is -0.355. The van der Waals surface area contributed by atoms with E-state index in [9.17, 15) is 35.7 Å². The SMILES string of the molecule is OC[C@H]1O[C@@H](O[C@@H]2[C@@H](O)[C@@H](O)[C@H](O)O[C@@H]2CO)[C@H](O)[C@@H](O)[C@@H]1O. The van der Waals surface area contributed by atoms with Crippen LogP contribution in [0.25, 0.3) is 0 Å². The fraction of sp³-hybridized carbons (Fsp3) is 1.00. The van der Waals surface area contributed by atoms with E-state index in [1.807, 2.05) is 0 Å². The molecule has 2 aliphatic rings. The Bertz CT molecular complexity index is 378. The van der Waals surface area contributed by atoms with Gasteiger partial charge in [-0.15, -0.1) is 0 Å². The smallest absolute Gasteiger partial charge is 0.187 e. The van der Waals surface area contributed by atoms with Gasteiger partial charge in [0.25, 0.3) is 0 Å². The molecule has 0 unspecified atom stereocenters. The van der Waals surface area contributed by atoms with E-state index in [0.717, 1.165) is 0 Å². The summed E-state index contributed by atoms with van der Waals surface area (Å²) in [6.45, 7) is -1.35. The molecule has 2 fully saturated rings. The van der Waals surface area contributed by atoms with Crippen molar-refractivity contribution in [1.82, 2.24) is 0 Å². The van der Waals surface area contributed by atoms with E-state index in [1.54, 1.807) is 0 Å². The van der Waals surface area contributed by atoms with Crippen molar-refractivity contribution in [3.05, 3.63) is 0 Å². The lowest BCUT2D eigenvalue weighted by atomic mass is 9.97. The molecule has 11 nitrogen and oxygen atoms in total. The molecule has 8 N–H and O–H groups in total. The Kier molecular flexibility index (Phi) is 6.27. The van der Waals surface area contributed by atoms with Crippen LogP contribution in [0.3, 0.4) is 0 Å². The van der Waals surface area contributed by atoms with Gasteiger partial charge >= 0.3 is 0 Å². The molecular weight excluding hydrogens is 320 g/mol. The zero-order valence-corrected chi connectivity index (χ0v) is 12.0. The average molecular weight is 342 g/mol. The van der Waals surface area contributed by atoms with Gasteiger partial charge in [0.1, 0.15) is 48.8 Å². The molecule has 0 aromatic carbocycles. The van der Waals surface area contributed by atoms with Gasteiger partial charge in [0, 0.05) is 0 Å². The minimum Gasteiger partial charge on any atom is -0.394 e. The van der Waals surface area contributed by atoms with Gasteiger partial charge in [0.15, 0.2) is 12.6 Å². The maximum Gasteiger partial charge on any atom is 0.187 e. The number of aliphatic hydroxyl groups is 8. The number of rotatable bonds is 4. The van der Waals surface area contributed by atoms with Gasteiger partial charge in [-0.05, 0) is 0 Å². The summed E-state index contributed by atoms with van der Waals surface area (Å²) in [4.78, 5) is 0. The van der Waals surface area contributed by atoms with Crippen LogP contribution in [0.5, 0.6) is 0 Å². The molecule has 0 aromatic heterocycles. The first-order valence-corrected chi connectivity index (χ1v) is 7.08. The van der Waals surface area contributed by atoms with Crippen LogP contribution in [0, 0.1) is 0 Å². The van der Waals surface area contributed by atoms with Gasteiger partial charge < -0.3 is 55.1 Å². The van der Waals surface area contributed by atoms with Crippen LogP contribution >= 0.6 is 0 Å². The number of hydrogen-bond acceptors (Lipinski definition) is 11. The molecule has 0 bridgehead atoms. The van der Waals surface area contributed by atoms with Crippen LogP contribution in [0.1, 0.15) is 0 Å². The maximum absolute atomic E-state index is 9.94. The predicted octanol–water partition coefficient (Wildman–Crippen LogP) is -5.40. The Hall–Kier alpha value is -0.440.